The van der Waals surface area contributed by atoms with Crippen molar-refractivity contribution in [2.24, 2.45) is 0 Å². The van der Waals surface area contributed by atoms with Crippen molar-refractivity contribution in [3.8, 4) is 11.8 Å². The van der Waals surface area contributed by atoms with Crippen molar-refractivity contribution in [3.05, 3.63) is 23.3 Å². The number of carbonyl (C=O) groups excluding carboxylic acids is 1. The minimum Gasteiger partial charge on any atom is -0.449 e. The molecule has 4 rings (SSSR count). The van der Waals surface area contributed by atoms with E-state index < -0.39 is 5.60 Å². The average Bonchev–Trinajstić information content (AvgIpc) is 3.21. The molecule has 4 atom stereocenters. The highest BCUT2D eigenvalue weighted by atomic mass is 16.7. The number of esters is 1. The third kappa shape index (κ3) is 2.02. The minimum atomic E-state index is -0.614. The zero-order valence-electron chi connectivity index (χ0n) is 13.8. The first kappa shape index (κ1) is 15.9. The second-order valence-electron chi connectivity index (χ2n) is 6.63. The number of carbonyl (C=O) groups is 1. The first-order valence-corrected chi connectivity index (χ1v) is 8.24. The smallest absolute Gasteiger partial charge is 0.332 e. The van der Waals surface area contributed by atoms with Gasteiger partial charge < -0.3 is 19.3 Å². The molecule has 4 aliphatic rings. The number of aliphatic hydroxyl groups is 1. The third-order valence-corrected chi connectivity index (χ3v) is 5.64. The lowest BCUT2D eigenvalue weighted by Gasteiger charge is -2.33. The fraction of sp³-hybridized carbons (Fsp3) is 0.611. The van der Waals surface area contributed by atoms with Crippen LogP contribution in [0.15, 0.2) is 23.3 Å². The minimum absolute atomic E-state index is 0.114. The Kier molecular flexibility index (Phi) is 3.77. The van der Waals surface area contributed by atoms with E-state index in [1.54, 1.807) is 20.3 Å². The van der Waals surface area contributed by atoms with E-state index in [-0.39, 0.29) is 37.0 Å². The molecule has 0 aromatic rings. The Morgan fingerprint density at radius 3 is 2.96 bits per heavy atom. The van der Waals surface area contributed by atoms with Gasteiger partial charge in [-0.05, 0) is 12.8 Å². The fourth-order valence-corrected chi connectivity index (χ4v) is 4.93. The number of fused-ring (bicyclic) bond motifs is 3. The van der Waals surface area contributed by atoms with E-state index in [2.05, 4.69) is 22.8 Å². The highest BCUT2D eigenvalue weighted by Crippen LogP contribution is 2.55. The Hall–Kier alpha value is -1.65. The molecule has 0 radical (unpaired) electrons. The predicted octanol–water partition coefficient (Wildman–Crippen LogP) is 0.368. The Bertz CT molecular complexity index is 683. The number of nitrogens with zero attached hydrogens (tertiary/aromatic N) is 1. The Morgan fingerprint density at radius 1 is 1.46 bits per heavy atom. The highest BCUT2D eigenvalue weighted by Gasteiger charge is 2.65. The lowest BCUT2D eigenvalue weighted by molar-refractivity contribution is -0.151. The van der Waals surface area contributed by atoms with Gasteiger partial charge in [-0.1, -0.05) is 17.9 Å². The van der Waals surface area contributed by atoms with Crippen LogP contribution in [0.2, 0.25) is 0 Å². The van der Waals surface area contributed by atoms with Gasteiger partial charge >= 0.3 is 5.97 Å². The standard InChI is InChI=1S/C18H21NO5/c1-22-17(23-2)14-5-6-15-18-10-12(19(14)15)8-11(4-3-7-20)13(18)9-16(21)24-18/h8-9,12,14-15,17,20H,5-7,10H2,1-2H3. The van der Waals surface area contributed by atoms with E-state index >= 15 is 0 Å². The number of hydrogen-bond acceptors (Lipinski definition) is 6. The van der Waals surface area contributed by atoms with Gasteiger partial charge in [0.1, 0.15) is 6.61 Å². The number of aliphatic hydroxyl groups excluding tert-OH is 1. The molecule has 0 amide bonds. The summed E-state index contributed by atoms with van der Waals surface area (Å²) in [6.45, 7) is -0.206. The van der Waals surface area contributed by atoms with Crippen LogP contribution >= 0.6 is 0 Å². The van der Waals surface area contributed by atoms with Crippen LogP contribution in [0.3, 0.4) is 0 Å². The lowest BCUT2D eigenvalue weighted by atomic mass is 9.77. The fourth-order valence-electron chi connectivity index (χ4n) is 4.93. The van der Waals surface area contributed by atoms with Gasteiger partial charge in [-0.2, -0.15) is 0 Å². The summed E-state index contributed by atoms with van der Waals surface area (Å²) in [6.07, 6.45) is 5.95. The van der Waals surface area contributed by atoms with Crippen molar-refractivity contribution in [3.63, 3.8) is 0 Å². The van der Waals surface area contributed by atoms with Gasteiger partial charge in [-0.3, -0.25) is 4.90 Å². The molecule has 1 aliphatic carbocycles. The van der Waals surface area contributed by atoms with E-state index in [1.165, 1.54) is 0 Å². The molecule has 0 aromatic carbocycles. The van der Waals surface area contributed by atoms with Crippen LogP contribution < -0.4 is 0 Å². The molecule has 0 aromatic heterocycles. The zero-order chi connectivity index (χ0) is 16.9. The summed E-state index contributed by atoms with van der Waals surface area (Å²) in [5.74, 6) is 5.38. The maximum absolute atomic E-state index is 12.0. The molecule has 6 nitrogen and oxygen atoms in total. The quantitative estimate of drug-likeness (QED) is 0.458. The van der Waals surface area contributed by atoms with E-state index in [0.29, 0.717) is 0 Å². The molecule has 2 bridgehead atoms. The van der Waals surface area contributed by atoms with Gasteiger partial charge in [0.2, 0.25) is 0 Å². The molecule has 0 saturated carbocycles. The summed E-state index contributed by atoms with van der Waals surface area (Å²) in [5, 5.41) is 9.01. The van der Waals surface area contributed by atoms with E-state index in [0.717, 1.165) is 30.4 Å². The molecule has 1 spiro atoms. The van der Waals surface area contributed by atoms with Crippen LogP contribution in [0.5, 0.6) is 0 Å². The van der Waals surface area contributed by atoms with Crippen LogP contribution in [0.4, 0.5) is 0 Å². The zero-order valence-corrected chi connectivity index (χ0v) is 13.8. The summed E-state index contributed by atoms with van der Waals surface area (Å²) >= 11 is 0. The van der Waals surface area contributed by atoms with Gasteiger partial charge in [-0.15, -0.1) is 0 Å². The molecule has 2 fully saturated rings. The Morgan fingerprint density at radius 2 is 2.25 bits per heavy atom. The largest absolute Gasteiger partial charge is 0.449 e. The van der Waals surface area contributed by atoms with Crippen LogP contribution in [0.1, 0.15) is 19.3 Å². The number of rotatable bonds is 3. The summed E-state index contributed by atoms with van der Waals surface area (Å²) in [5.41, 5.74) is 1.05. The molecule has 6 heteroatoms. The van der Waals surface area contributed by atoms with E-state index in [1.807, 2.05) is 0 Å². The molecule has 4 unspecified atom stereocenters. The molecule has 1 N–H and O–H groups in total. The van der Waals surface area contributed by atoms with Crippen molar-refractivity contribution in [2.45, 2.75) is 49.3 Å². The summed E-state index contributed by atoms with van der Waals surface area (Å²) in [6, 6.07) is 0.361. The lowest BCUT2D eigenvalue weighted by Crippen LogP contribution is -2.48. The van der Waals surface area contributed by atoms with Gasteiger partial charge in [0.25, 0.3) is 0 Å². The predicted molar refractivity (Wildman–Crippen MR) is 84.7 cm³/mol. The highest BCUT2D eigenvalue weighted by molar-refractivity contribution is 5.90. The van der Waals surface area contributed by atoms with Gasteiger partial charge in [0, 0.05) is 43.9 Å². The van der Waals surface area contributed by atoms with Crippen LogP contribution in [-0.2, 0) is 19.0 Å². The van der Waals surface area contributed by atoms with Gasteiger partial charge in [0.05, 0.1) is 12.1 Å². The van der Waals surface area contributed by atoms with E-state index in [4.69, 9.17) is 19.3 Å². The van der Waals surface area contributed by atoms with Gasteiger partial charge in [0.15, 0.2) is 11.9 Å². The average molecular weight is 331 g/mol. The summed E-state index contributed by atoms with van der Waals surface area (Å²) in [4.78, 5) is 14.4. The maximum atomic E-state index is 12.0. The van der Waals surface area contributed by atoms with Crippen molar-refractivity contribution in [1.29, 1.82) is 0 Å². The Labute approximate surface area is 141 Å². The normalized spacial score (nSPS) is 36.7. The van der Waals surface area contributed by atoms with Crippen LogP contribution in [0.25, 0.3) is 0 Å². The first-order chi connectivity index (χ1) is 11.6. The first-order valence-electron chi connectivity index (χ1n) is 8.24. The SMILES string of the molecule is COC(OC)C1CCC2N1C1C=C(C#CCO)C3=CC(=O)OC32C1. The van der Waals surface area contributed by atoms with Crippen molar-refractivity contribution < 1.29 is 24.1 Å². The Balaban J connectivity index is 1.76. The molecule has 128 valence electrons. The van der Waals surface area contributed by atoms with Crippen molar-refractivity contribution in [1.82, 2.24) is 4.90 Å². The summed E-state index contributed by atoms with van der Waals surface area (Å²) < 4.78 is 16.8. The summed E-state index contributed by atoms with van der Waals surface area (Å²) in [7, 11) is 3.30. The number of methoxy groups -OCH3 is 2. The van der Waals surface area contributed by atoms with Crippen LogP contribution in [-0.4, -0.2) is 66.8 Å². The molecule has 3 aliphatic heterocycles. The van der Waals surface area contributed by atoms with E-state index in [9.17, 15) is 4.79 Å². The molecular formula is C18H21NO5. The molecule has 24 heavy (non-hydrogen) atoms. The van der Waals surface area contributed by atoms with Crippen molar-refractivity contribution >= 4 is 5.97 Å². The molecule has 3 heterocycles. The van der Waals surface area contributed by atoms with Gasteiger partial charge in [-0.25, -0.2) is 4.79 Å². The number of ether oxygens (including phenoxy) is 3. The monoisotopic (exact) mass is 331 g/mol. The third-order valence-electron chi connectivity index (χ3n) is 5.64. The molecule has 2 saturated heterocycles. The maximum Gasteiger partial charge on any atom is 0.332 e. The second kappa shape index (κ2) is 5.71. The topological polar surface area (TPSA) is 68.2 Å². The number of hydrogen-bond donors (Lipinski definition) is 1. The molecular weight excluding hydrogens is 310 g/mol. The van der Waals surface area contributed by atoms with Crippen molar-refractivity contribution in [2.75, 3.05) is 20.8 Å². The second-order valence-corrected chi connectivity index (χ2v) is 6.63. The van der Waals surface area contributed by atoms with Crippen LogP contribution in [0, 0.1) is 11.8 Å².